The third-order valence-corrected chi connectivity index (χ3v) is 5.57. The van der Waals surface area contributed by atoms with Gasteiger partial charge in [-0.25, -0.2) is 9.78 Å². The van der Waals surface area contributed by atoms with Crippen molar-refractivity contribution in [3.05, 3.63) is 83.6 Å². The van der Waals surface area contributed by atoms with Gasteiger partial charge in [0.15, 0.2) is 5.69 Å². The number of hydrogen-bond acceptors (Lipinski definition) is 7. The Morgan fingerprint density at radius 3 is 2.61 bits per heavy atom. The van der Waals surface area contributed by atoms with E-state index in [1.165, 1.54) is 11.3 Å². The summed E-state index contributed by atoms with van der Waals surface area (Å²) in [5.74, 6) is -0.653. The maximum absolute atomic E-state index is 13.2. The molecule has 33 heavy (non-hydrogen) atoms. The molecule has 2 aromatic heterocycles. The molecule has 1 amide bonds. The second-order valence-corrected chi connectivity index (χ2v) is 7.91. The molecule has 0 aliphatic heterocycles. The summed E-state index contributed by atoms with van der Waals surface area (Å²) in [4.78, 5) is 30.5. The fraction of sp³-hybridized carbons (Fsp3) is 0.167. The average Bonchev–Trinajstić information content (AvgIpc) is 3.48. The van der Waals surface area contributed by atoms with Crippen LogP contribution in [-0.2, 0) is 16.6 Å². The summed E-state index contributed by atoms with van der Waals surface area (Å²) in [7, 11) is 1.80. The number of carbonyl (C=O) groups is 2. The summed E-state index contributed by atoms with van der Waals surface area (Å²) in [5.41, 5.74) is 1.96. The van der Waals surface area contributed by atoms with Gasteiger partial charge in [0.1, 0.15) is 10.8 Å². The minimum Gasteiger partial charge on any atom is -0.492 e. The molecule has 0 radical (unpaired) electrons. The van der Waals surface area contributed by atoms with Crippen LogP contribution >= 0.6 is 11.3 Å². The number of esters is 1. The van der Waals surface area contributed by atoms with Gasteiger partial charge in [-0.05, 0) is 19.1 Å². The summed E-state index contributed by atoms with van der Waals surface area (Å²) in [6.07, 6.45) is 2.31. The molecule has 2 aromatic carbocycles. The molecular formula is C24H22N4O4S. The lowest BCUT2D eigenvalue weighted by Gasteiger charge is -2.19. The Morgan fingerprint density at radius 2 is 1.88 bits per heavy atom. The number of hydrogen-bond donors (Lipinski definition) is 1. The van der Waals surface area contributed by atoms with Gasteiger partial charge < -0.3 is 14.8 Å². The predicted octanol–water partition coefficient (Wildman–Crippen LogP) is 4.48. The fourth-order valence-electron chi connectivity index (χ4n) is 3.15. The van der Waals surface area contributed by atoms with Crippen LogP contribution in [0, 0.1) is 0 Å². The lowest BCUT2D eigenvalue weighted by Crippen LogP contribution is -2.26. The maximum atomic E-state index is 13.2. The molecule has 0 saturated carbocycles. The molecule has 0 fully saturated rings. The van der Waals surface area contributed by atoms with E-state index in [4.69, 9.17) is 9.47 Å². The molecule has 2 heterocycles. The van der Waals surface area contributed by atoms with Gasteiger partial charge in [0.05, 0.1) is 18.5 Å². The van der Waals surface area contributed by atoms with E-state index in [1.807, 2.05) is 25.3 Å². The topological polar surface area (TPSA) is 95.3 Å². The number of thiazole rings is 1. The number of anilines is 1. The number of rotatable bonds is 8. The summed E-state index contributed by atoms with van der Waals surface area (Å²) in [6.45, 7) is 2.31. The molecule has 168 valence electrons. The van der Waals surface area contributed by atoms with Crippen molar-refractivity contribution in [3.8, 4) is 16.3 Å². The van der Waals surface area contributed by atoms with Crippen LogP contribution < -0.4 is 10.1 Å². The van der Waals surface area contributed by atoms with Gasteiger partial charge in [0, 0.05) is 29.8 Å². The molecule has 0 spiro atoms. The molecule has 4 aromatic rings. The van der Waals surface area contributed by atoms with Crippen LogP contribution in [0.4, 0.5) is 5.69 Å². The molecule has 9 heteroatoms. The Bertz CT molecular complexity index is 1250. The number of nitrogens with zero attached hydrogens (tertiary/aromatic N) is 3. The van der Waals surface area contributed by atoms with Gasteiger partial charge >= 0.3 is 5.97 Å². The van der Waals surface area contributed by atoms with Crippen LogP contribution in [0.25, 0.3) is 10.6 Å². The molecule has 4 rings (SSSR count). The molecule has 0 aliphatic rings. The van der Waals surface area contributed by atoms with Crippen LogP contribution in [0.2, 0.25) is 0 Å². The lowest BCUT2D eigenvalue weighted by molar-refractivity contribution is -0.125. The molecular weight excluding hydrogens is 440 g/mol. The minimum atomic E-state index is -1.17. The second-order valence-electron chi connectivity index (χ2n) is 7.06. The highest BCUT2D eigenvalue weighted by Crippen LogP contribution is 2.28. The van der Waals surface area contributed by atoms with E-state index in [9.17, 15) is 9.59 Å². The Kier molecular flexibility index (Phi) is 6.80. The number of ether oxygens (including phenoxy) is 2. The summed E-state index contributed by atoms with van der Waals surface area (Å²) in [5, 5.41) is 9.18. The Labute approximate surface area is 194 Å². The quantitative estimate of drug-likeness (QED) is 0.388. The Morgan fingerprint density at radius 1 is 1.12 bits per heavy atom. The van der Waals surface area contributed by atoms with E-state index < -0.39 is 18.0 Å². The van der Waals surface area contributed by atoms with Crippen molar-refractivity contribution in [1.29, 1.82) is 0 Å². The number of nitrogens with one attached hydrogen (secondary N) is 1. The summed E-state index contributed by atoms with van der Waals surface area (Å²) in [6, 6.07) is 15.9. The van der Waals surface area contributed by atoms with Gasteiger partial charge in [-0.15, -0.1) is 11.3 Å². The zero-order chi connectivity index (χ0) is 23.2. The SMILES string of the molecule is CCOc1ccccc1NC(=O)C(OC(=O)c1csc(-c2cnn(C)c2)n1)c1ccccc1. The first-order valence-corrected chi connectivity index (χ1v) is 11.2. The Balaban J connectivity index is 1.56. The highest BCUT2D eigenvalue weighted by atomic mass is 32.1. The first-order chi connectivity index (χ1) is 16.0. The number of carbonyl (C=O) groups excluding carboxylic acids is 2. The number of aryl methyl sites for hydroxylation is 1. The van der Waals surface area contributed by atoms with E-state index in [1.54, 1.807) is 65.8 Å². The molecule has 1 N–H and O–H groups in total. The van der Waals surface area contributed by atoms with Crippen LogP contribution in [0.5, 0.6) is 5.75 Å². The number of benzene rings is 2. The van der Waals surface area contributed by atoms with Crippen LogP contribution in [-0.4, -0.2) is 33.2 Å². The highest BCUT2D eigenvalue weighted by molar-refractivity contribution is 7.13. The highest BCUT2D eigenvalue weighted by Gasteiger charge is 2.27. The van der Waals surface area contributed by atoms with Gasteiger partial charge in [0.25, 0.3) is 5.91 Å². The lowest BCUT2D eigenvalue weighted by atomic mass is 10.1. The molecule has 1 atom stereocenters. The number of amides is 1. The van der Waals surface area contributed by atoms with Gasteiger partial charge in [-0.3, -0.25) is 9.48 Å². The average molecular weight is 463 g/mol. The van der Waals surface area contributed by atoms with E-state index >= 15 is 0 Å². The van der Waals surface area contributed by atoms with E-state index in [-0.39, 0.29) is 5.69 Å². The number of aromatic nitrogens is 3. The molecule has 1 unspecified atom stereocenters. The smallest absolute Gasteiger partial charge is 0.358 e. The second kappa shape index (κ2) is 10.1. The molecule has 0 aliphatic carbocycles. The summed E-state index contributed by atoms with van der Waals surface area (Å²) < 4.78 is 12.9. The van der Waals surface area contributed by atoms with Crippen molar-refractivity contribution in [3.63, 3.8) is 0 Å². The van der Waals surface area contributed by atoms with Crippen LogP contribution in [0.15, 0.2) is 72.4 Å². The predicted molar refractivity (Wildman–Crippen MR) is 125 cm³/mol. The van der Waals surface area contributed by atoms with Crippen molar-refractivity contribution < 1.29 is 19.1 Å². The van der Waals surface area contributed by atoms with Crippen molar-refractivity contribution in [2.75, 3.05) is 11.9 Å². The molecule has 0 saturated heterocycles. The van der Waals surface area contributed by atoms with Crippen molar-refractivity contribution >= 4 is 28.9 Å². The normalized spacial score (nSPS) is 11.6. The third-order valence-electron chi connectivity index (χ3n) is 4.68. The van der Waals surface area contributed by atoms with Gasteiger partial charge in [0.2, 0.25) is 6.10 Å². The molecule has 8 nitrogen and oxygen atoms in total. The zero-order valence-electron chi connectivity index (χ0n) is 18.1. The van der Waals surface area contributed by atoms with Crippen LogP contribution in [0.3, 0.4) is 0 Å². The van der Waals surface area contributed by atoms with E-state index in [0.717, 1.165) is 5.56 Å². The van der Waals surface area contributed by atoms with Crippen molar-refractivity contribution in [2.45, 2.75) is 13.0 Å². The largest absolute Gasteiger partial charge is 0.492 e. The van der Waals surface area contributed by atoms with Crippen LogP contribution in [0.1, 0.15) is 29.1 Å². The summed E-state index contributed by atoms with van der Waals surface area (Å²) >= 11 is 1.30. The van der Waals surface area contributed by atoms with Gasteiger partial charge in [-0.2, -0.15) is 5.10 Å². The maximum Gasteiger partial charge on any atom is 0.358 e. The first kappa shape index (κ1) is 22.2. The van der Waals surface area contributed by atoms with Crippen molar-refractivity contribution in [2.24, 2.45) is 7.05 Å². The number of para-hydroxylation sites is 2. The first-order valence-electron chi connectivity index (χ1n) is 10.3. The van der Waals surface area contributed by atoms with E-state index in [0.29, 0.717) is 28.6 Å². The Hall–Kier alpha value is -3.98. The third kappa shape index (κ3) is 5.27. The fourth-order valence-corrected chi connectivity index (χ4v) is 3.91. The van der Waals surface area contributed by atoms with Crippen molar-refractivity contribution in [1.82, 2.24) is 14.8 Å². The standard InChI is InChI=1S/C24H22N4O4S/c1-3-31-20-12-8-7-11-18(20)26-22(29)21(16-9-5-4-6-10-16)32-24(30)19-15-33-23(27-19)17-13-25-28(2)14-17/h4-15,21H,3H2,1-2H3,(H,26,29). The monoisotopic (exact) mass is 462 g/mol. The molecule has 0 bridgehead atoms. The zero-order valence-corrected chi connectivity index (χ0v) is 18.9. The minimum absolute atomic E-state index is 0.127. The van der Waals surface area contributed by atoms with E-state index in [2.05, 4.69) is 15.4 Å². The van der Waals surface area contributed by atoms with Gasteiger partial charge in [-0.1, -0.05) is 42.5 Å².